The number of amides is 4. The Morgan fingerprint density at radius 2 is 1.84 bits per heavy atom. The van der Waals surface area contributed by atoms with Crippen LogP contribution in [0.2, 0.25) is 0 Å². The summed E-state index contributed by atoms with van der Waals surface area (Å²) in [5, 5.41) is 14.8. The van der Waals surface area contributed by atoms with E-state index in [4.69, 9.17) is 0 Å². The molecule has 3 aliphatic heterocycles. The largest absolute Gasteiger partial charge is 0.355 e. The predicted octanol–water partition coefficient (Wildman–Crippen LogP) is -1.16. The Labute approximate surface area is 192 Å². The lowest BCUT2D eigenvalue weighted by Gasteiger charge is -2.24. The number of hydrogen-bond donors (Lipinski definition) is 5. The number of carbonyl (C=O) groups is 4. The van der Waals surface area contributed by atoms with Gasteiger partial charge < -0.3 is 26.6 Å². The lowest BCUT2D eigenvalue weighted by atomic mass is 10.2. The molecule has 176 valence electrons. The summed E-state index contributed by atoms with van der Waals surface area (Å²) < 4.78 is 0. The summed E-state index contributed by atoms with van der Waals surface area (Å²) in [6, 6.07) is -0.119. The number of hydrogen-bond acceptors (Lipinski definition) is 6. The van der Waals surface area contributed by atoms with Crippen LogP contribution in [-0.2, 0) is 19.2 Å². The van der Waals surface area contributed by atoms with Crippen LogP contribution < -0.4 is 26.6 Å². The number of nitrogens with zero attached hydrogens (tertiary/aromatic N) is 1. The highest BCUT2D eigenvalue weighted by molar-refractivity contribution is 9.09. The van der Waals surface area contributed by atoms with Crippen LogP contribution in [0.3, 0.4) is 0 Å². The summed E-state index contributed by atoms with van der Waals surface area (Å²) in [5.74, 6) is -0.292. The van der Waals surface area contributed by atoms with E-state index in [-0.39, 0.29) is 48.8 Å². The van der Waals surface area contributed by atoms with Gasteiger partial charge in [0.2, 0.25) is 23.6 Å². The van der Waals surface area contributed by atoms with Crippen molar-refractivity contribution in [3.8, 4) is 0 Å². The van der Waals surface area contributed by atoms with Gasteiger partial charge in [-0.05, 0) is 51.6 Å². The number of alkyl halides is 1. The Morgan fingerprint density at radius 1 is 1.03 bits per heavy atom. The van der Waals surface area contributed by atoms with Crippen molar-refractivity contribution in [2.24, 2.45) is 0 Å². The van der Waals surface area contributed by atoms with Crippen molar-refractivity contribution in [3.63, 3.8) is 0 Å². The highest BCUT2D eigenvalue weighted by atomic mass is 79.9. The summed E-state index contributed by atoms with van der Waals surface area (Å²) >= 11 is 3.28. The molecular weight excluding hydrogens is 468 g/mol. The first-order valence-electron chi connectivity index (χ1n) is 11.1. The monoisotopic (exact) mass is 502 g/mol. The van der Waals surface area contributed by atoms with Gasteiger partial charge in [-0.25, -0.2) is 0 Å². The molecule has 31 heavy (non-hydrogen) atoms. The second kappa shape index (κ2) is 14.4. The molecule has 10 nitrogen and oxygen atoms in total. The molecule has 5 N–H and O–H groups in total. The second-order valence-electron chi connectivity index (χ2n) is 7.87. The standard InChI is InChI=1S/C10H18BrN3O2.C10H17N3O2/c11-4-2-6-13-9(15)7-14-10(16)8-3-1-5-12-8;14-9-7-12-10(15)8-3-1-5-13(8)6-2-4-11-9/h8,12H,1-7H2,(H,13,15)(H,14,16);8H,1-7H2,(H,11,14)(H,12,15)/t2*8-/m00/s1. The third-order valence-corrected chi connectivity index (χ3v) is 6.03. The van der Waals surface area contributed by atoms with Crippen molar-refractivity contribution < 1.29 is 19.2 Å². The Hall–Kier alpha value is -1.72. The first-order chi connectivity index (χ1) is 15.0. The fourth-order valence-corrected chi connectivity index (χ4v) is 4.08. The highest BCUT2D eigenvalue weighted by Crippen LogP contribution is 2.17. The summed E-state index contributed by atoms with van der Waals surface area (Å²) in [5.41, 5.74) is 0. The molecule has 0 aromatic rings. The average molecular weight is 503 g/mol. The minimum atomic E-state index is -0.132. The smallest absolute Gasteiger partial charge is 0.239 e. The van der Waals surface area contributed by atoms with Crippen LogP contribution in [0, 0.1) is 0 Å². The van der Waals surface area contributed by atoms with Crippen LogP contribution in [-0.4, -0.2) is 91.8 Å². The number of halogens is 1. The van der Waals surface area contributed by atoms with Gasteiger partial charge in [0.1, 0.15) is 0 Å². The molecule has 3 heterocycles. The van der Waals surface area contributed by atoms with E-state index in [1.807, 2.05) is 0 Å². The molecule has 3 aliphatic rings. The molecule has 4 amide bonds. The number of carbonyl (C=O) groups excluding carboxylic acids is 4. The van der Waals surface area contributed by atoms with Crippen molar-refractivity contribution in [2.75, 3.05) is 51.1 Å². The Kier molecular flexibility index (Phi) is 11.8. The van der Waals surface area contributed by atoms with Gasteiger partial charge in [0, 0.05) is 25.0 Å². The van der Waals surface area contributed by atoms with E-state index in [9.17, 15) is 19.2 Å². The van der Waals surface area contributed by atoms with E-state index in [0.29, 0.717) is 13.1 Å². The number of nitrogens with one attached hydrogen (secondary N) is 5. The molecule has 0 saturated carbocycles. The van der Waals surface area contributed by atoms with Crippen LogP contribution in [0.1, 0.15) is 38.5 Å². The van der Waals surface area contributed by atoms with Crippen LogP contribution in [0.15, 0.2) is 0 Å². The SMILES string of the molecule is O=C(CNC(=O)[C@@H]1CCCN1)NCCCBr.O=C1CNC(=O)[C@@H]2CCCN2CCCN1. The van der Waals surface area contributed by atoms with E-state index in [1.165, 1.54) is 0 Å². The van der Waals surface area contributed by atoms with Crippen molar-refractivity contribution in [1.82, 2.24) is 31.5 Å². The van der Waals surface area contributed by atoms with E-state index < -0.39 is 0 Å². The molecule has 0 radical (unpaired) electrons. The zero-order valence-corrected chi connectivity index (χ0v) is 19.6. The molecule has 0 spiro atoms. The molecule has 0 aromatic heterocycles. The lowest BCUT2D eigenvalue weighted by Crippen LogP contribution is -2.48. The van der Waals surface area contributed by atoms with Crippen LogP contribution in [0.4, 0.5) is 0 Å². The lowest BCUT2D eigenvalue weighted by molar-refractivity contribution is -0.129. The van der Waals surface area contributed by atoms with Gasteiger partial charge in [-0.3, -0.25) is 24.1 Å². The summed E-state index contributed by atoms with van der Waals surface area (Å²) in [4.78, 5) is 47.9. The van der Waals surface area contributed by atoms with Gasteiger partial charge in [0.05, 0.1) is 25.2 Å². The fourth-order valence-electron chi connectivity index (χ4n) is 3.80. The van der Waals surface area contributed by atoms with E-state index >= 15 is 0 Å². The molecule has 0 unspecified atom stereocenters. The second-order valence-corrected chi connectivity index (χ2v) is 8.67. The summed E-state index contributed by atoms with van der Waals surface area (Å²) in [6.07, 6.45) is 5.71. The van der Waals surface area contributed by atoms with Crippen molar-refractivity contribution in [2.45, 2.75) is 50.6 Å². The van der Waals surface area contributed by atoms with Gasteiger partial charge >= 0.3 is 0 Å². The molecule has 2 atom stereocenters. The average Bonchev–Trinajstić information content (AvgIpc) is 3.46. The van der Waals surface area contributed by atoms with Crippen LogP contribution in [0.5, 0.6) is 0 Å². The maximum atomic E-state index is 11.7. The van der Waals surface area contributed by atoms with Crippen molar-refractivity contribution in [3.05, 3.63) is 0 Å². The molecule has 0 bridgehead atoms. The molecular formula is C20H35BrN6O4. The van der Waals surface area contributed by atoms with E-state index in [1.54, 1.807) is 0 Å². The first kappa shape index (κ1) is 25.5. The van der Waals surface area contributed by atoms with Gasteiger partial charge in [-0.1, -0.05) is 15.9 Å². The third-order valence-electron chi connectivity index (χ3n) is 5.47. The van der Waals surface area contributed by atoms with Gasteiger partial charge in [-0.2, -0.15) is 0 Å². The third kappa shape index (κ3) is 9.53. The molecule has 0 aromatic carbocycles. The number of fused-ring (bicyclic) bond motifs is 1. The maximum Gasteiger partial charge on any atom is 0.239 e. The first-order valence-corrected chi connectivity index (χ1v) is 12.3. The minimum Gasteiger partial charge on any atom is -0.355 e. The zero-order chi connectivity index (χ0) is 22.5. The van der Waals surface area contributed by atoms with Crippen molar-refractivity contribution >= 4 is 39.6 Å². The maximum absolute atomic E-state index is 11.7. The Morgan fingerprint density at radius 3 is 2.58 bits per heavy atom. The summed E-state index contributed by atoms with van der Waals surface area (Å²) in [6.45, 7) is 4.32. The molecule has 3 saturated heterocycles. The molecule has 0 aliphatic carbocycles. The zero-order valence-electron chi connectivity index (χ0n) is 18.0. The molecule has 11 heteroatoms. The van der Waals surface area contributed by atoms with E-state index in [0.717, 1.165) is 63.5 Å². The predicted molar refractivity (Wildman–Crippen MR) is 121 cm³/mol. The normalized spacial score (nSPS) is 24.2. The Bertz CT molecular complexity index is 614. The minimum absolute atomic E-state index is 0.00380. The molecule has 3 rings (SSSR count). The molecule has 3 fully saturated rings. The van der Waals surface area contributed by atoms with Gasteiger partial charge in [0.15, 0.2) is 0 Å². The van der Waals surface area contributed by atoms with E-state index in [2.05, 4.69) is 47.4 Å². The highest BCUT2D eigenvalue weighted by Gasteiger charge is 2.30. The van der Waals surface area contributed by atoms with Crippen LogP contribution in [0.25, 0.3) is 0 Å². The topological polar surface area (TPSA) is 132 Å². The van der Waals surface area contributed by atoms with Gasteiger partial charge in [0.25, 0.3) is 0 Å². The fraction of sp³-hybridized carbons (Fsp3) is 0.800. The summed E-state index contributed by atoms with van der Waals surface area (Å²) in [7, 11) is 0. The quantitative estimate of drug-likeness (QED) is 0.230. The van der Waals surface area contributed by atoms with Crippen molar-refractivity contribution in [1.29, 1.82) is 0 Å². The van der Waals surface area contributed by atoms with Crippen LogP contribution >= 0.6 is 15.9 Å². The van der Waals surface area contributed by atoms with Gasteiger partial charge in [-0.15, -0.1) is 0 Å². The Balaban J connectivity index is 0.000000220. The number of rotatable bonds is 6.